The van der Waals surface area contributed by atoms with Gasteiger partial charge in [-0.3, -0.25) is 0 Å². The van der Waals surface area contributed by atoms with E-state index in [1.54, 1.807) is 12.3 Å². The number of nitrogens with one attached hydrogen (secondary N) is 2. The van der Waals surface area contributed by atoms with Gasteiger partial charge >= 0.3 is 6.03 Å². The van der Waals surface area contributed by atoms with Crippen LogP contribution < -0.4 is 10.6 Å². The first-order valence-electron chi connectivity index (χ1n) is 8.05. The van der Waals surface area contributed by atoms with Crippen LogP contribution in [0.1, 0.15) is 42.8 Å². The van der Waals surface area contributed by atoms with Crippen molar-refractivity contribution in [3.05, 3.63) is 59.7 Å². The number of rotatable bonds is 4. The minimum atomic E-state index is -0.519. The zero-order valence-corrected chi connectivity index (χ0v) is 13.3. The molecule has 6 nitrogen and oxygen atoms in total. The van der Waals surface area contributed by atoms with Crippen LogP contribution in [0.15, 0.2) is 42.6 Å². The molecule has 1 fully saturated rings. The highest BCUT2D eigenvalue weighted by atomic mass is 16.2. The Morgan fingerprint density at radius 3 is 2.67 bits per heavy atom. The Labute approximate surface area is 140 Å². The van der Waals surface area contributed by atoms with Crippen LogP contribution in [-0.4, -0.2) is 16.0 Å². The molecule has 0 spiro atoms. The molecule has 2 aromatic rings. The molecule has 1 saturated carbocycles. The highest BCUT2D eigenvalue weighted by molar-refractivity contribution is 5.75. The largest absolute Gasteiger partial charge is 0.334 e. The molecule has 0 radical (unpaired) electrons. The Bertz CT molecular complexity index is 748. The number of benzene rings is 1. The summed E-state index contributed by atoms with van der Waals surface area (Å²) in [6, 6.07) is 13.3. The second-order valence-electron chi connectivity index (χ2n) is 5.96. The summed E-state index contributed by atoms with van der Waals surface area (Å²) in [7, 11) is 0. The SMILES string of the molecule is N#Cc1nccc(C2(NC(=O)NCc3ccccc3)CCCC2)n1. The number of hydrogen-bond donors (Lipinski definition) is 2. The fraction of sp³-hybridized carbons (Fsp3) is 0.333. The first-order chi connectivity index (χ1) is 11.7. The van der Waals surface area contributed by atoms with Crippen LogP contribution in [0.5, 0.6) is 0 Å². The van der Waals surface area contributed by atoms with Gasteiger partial charge in [-0.1, -0.05) is 43.2 Å². The van der Waals surface area contributed by atoms with Crippen molar-refractivity contribution in [3.63, 3.8) is 0 Å². The van der Waals surface area contributed by atoms with Crippen molar-refractivity contribution in [1.82, 2.24) is 20.6 Å². The van der Waals surface area contributed by atoms with Crippen molar-refractivity contribution in [2.75, 3.05) is 0 Å². The Morgan fingerprint density at radius 1 is 1.21 bits per heavy atom. The summed E-state index contributed by atoms with van der Waals surface area (Å²) in [5, 5.41) is 15.0. The van der Waals surface area contributed by atoms with Crippen LogP contribution in [-0.2, 0) is 12.1 Å². The molecule has 0 atom stereocenters. The minimum Gasteiger partial charge on any atom is -0.334 e. The maximum absolute atomic E-state index is 12.4. The average molecular weight is 321 g/mol. The standard InChI is InChI=1S/C18H19N5O/c19-12-16-20-11-8-15(22-16)18(9-4-5-10-18)23-17(24)21-13-14-6-2-1-3-7-14/h1-3,6-8,11H,4-5,9-10,13H2,(H2,21,23,24). The van der Waals surface area contributed by atoms with E-state index in [2.05, 4.69) is 20.6 Å². The monoisotopic (exact) mass is 321 g/mol. The lowest BCUT2D eigenvalue weighted by Gasteiger charge is -2.29. The van der Waals surface area contributed by atoms with Crippen LogP contribution in [0.25, 0.3) is 0 Å². The van der Waals surface area contributed by atoms with E-state index in [1.807, 2.05) is 36.4 Å². The molecule has 0 bridgehead atoms. The normalized spacial score (nSPS) is 15.5. The van der Waals surface area contributed by atoms with Crippen molar-refractivity contribution < 1.29 is 4.79 Å². The molecule has 0 aliphatic heterocycles. The van der Waals surface area contributed by atoms with Crippen LogP contribution in [0.2, 0.25) is 0 Å². The molecule has 1 aromatic heterocycles. The maximum atomic E-state index is 12.4. The predicted molar refractivity (Wildman–Crippen MR) is 88.7 cm³/mol. The number of urea groups is 1. The molecule has 1 heterocycles. The van der Waals surface area contributed by atoms with E-state index in [4.69, 9.17) is 5.26 Å². The highest BCUT2D eigenvalue weighted by Crippen LogP contribution is 2.37. The van der Waals surface area contributed by atoms with Gasteiger partial charge in [0, 0.05) is 12.7 Å². The van der Waals surface area contributed by atoms with Gasteiger partial charge < -0.3 is 10.6 Å². The van der Waals surface area contributed by atoms with Crippen molar-refractivity contribution >= 4 is 6.03 Å². The fourth-order valence-electron chi connectivity index (χ4n) is 3.14. The average Bonchev–Trinajstić information content (AvgIpc) is 3.10. The minimum absolute atomic E-state index is 0.130. The fourth-order valence-corrected chi connectivity index (χ4v) is 3.14. The van der Waals surface area contributed by atoms with Gasteiger partial charge in [0.25, 0.3) is 0 Å². The maximum Gasteiger partial charge on any atom is 0.315 e. The lowest BCUT2D eigenvalue weighted by molar-refractivity contribution is 0.223. The summed E-state index contributed by atoms with van der Waals surface area (Å²) >= 11 is 0. The molecule has 6 heteroatoms. The van der Waals surface area contributed by atoms with Gasteiger partial charge in [0.15, 0.2) is 0 Å². The zero-order chi connectivity index (χ0) is 16.8. The molecule has 1 aliphatic rings. The third-order valence-corrected chi connectivity index (χ3v) is 4.35. The number of carbonyl (C=O) groups excluding carboxylic acids is 1. The predicted octanol–water partition coefficient (Wildman–Crippen LogP) is 2.62. The molecule has 0 saturated heterocycles. The highest BCUT2D eigenvalue weighted by Gasteiger charge is 2.38. The lowest BCUT2D eigenvalue weighted by atomic mass is 9.93. The zero-order valence-electron chi connectivity index (χ0n) is 13.3. The third-order valence-electron chi connectivity index (χ3n) is 4.35. The van der Waals surface area contributed by atoms with E-state index >= 15 is 0 Å². The molecule has 24 heavy (non-hydrogen) atoms. The van der Waals surface area contributed by atoms with Gasteiger partial charge in [-0.15, -0.1) is 0 Å². The van der Waals surface area contributed by atoms with E-state index in [1.165, 1.54) is 0 Å². The molecule has 3 rings (SSSR count). The summed E-state index contributed by atoms with van der Waals surface area (Å²) < 4.78 is 0. The topological polar surface area (TPSA) is 90.7 Å². The molecule has 1 aromatic carbocycles. The summed E-state index contributed by atoms with van der Waals surface area (Å²) in [4.78, 5) is 20.6. The van der Waals surface area contributed by atoms with E-state index in [-0.39, 0.29) is 11.9 Å². The van der Waals surface area contributed by atoms with Crippen molar-refractivity contribution in [1.29, 1.82) is 5.26 Å². The number of aromatic nitrogens is 2. The van der Waals surface area contributed by atoms with Gasteiger partial charge in [-0.25, -0.2) is 14.8 Å². The number of hydrogen-bond acceptors (Lipinski definition) is 4. The molecular formula is C18H19N5O. The van der Waals surface area contributed by atoms with Gasteiger partial charge in [0.05, 0.1) is 11.2 Å². The van der Waals surface area contributed by atoms with Gasteiger partial charge in [-0.2, -0.15) is 5.26 Å². The second kappa shape index (κ2) is 7.09. The van der Waals surface area contributed by atoms with Crippen LogP contribution in [0.3, 0.4) is 0 Å². The summed E-state index contributed by atoms with van der Waals surface area (Å²) in [5.41, 5.74) is 1.23. The third kappa shape index (κ3) is 3.51. The van der Waals surface area contributed by atoms with Gasteiger partial charge in [-0.05, 0) is 24.5 Å². The van der Waals surface area contributed by atoms with Crippen LogP contribution in [0.4, 0.5) is 4.79 Å². The second-order valence-corrected chi connectivity index (χ2v) is 5.96. The van der Waals surface area contributed by atoms with Crippen molar-refractivity contribution in [2.24, 2.45) is 0 Å². The van der Waals surface area contributed by atoms with E-state index in [9.17, 15) is 4.79 Å². The lowest BCUT2D eigenvalue weighted by Crippen LogP contribution is -2.48. The Balaban J connectivity index is 1.71. The Kier molecular flexibility index (Phi) is 4.71. The van der Waals surface area contributed by atoms with Gasteiger partial charge in [0.2, 0.25) is 5.82 Å². The number of amides is 2. The van der Waals surface area contributed by atoms with Crippen molar-refractivity contribution in [2.45, 2.75) is 37.8 Å². The van der Waals surface area contributed by atoms with E-state index < -0.39 is 5.54 Å². The van der Waals surface area contributed by atoms with Crippen molar-refractivity contribution in [3.8, 4) is 6.07 Å². The smallest absolute Gasteiger partial charge is 0.315 e. The van der Waals surface area contributed by atoms with Crippen LogP contribution in [0, 0.1) is 11.3 Å². The first-order valence-corrected chi connectivity index (χ1v) is 8.05. The van der Waals surface area contributed by atoms with Crippen LogP contribution >= 0.6 is 0 Å². The number of carbonyl (C=O) groups is 1. The van der Waals surface area contributed by atoms with Gasteiger partial charge in [0.1, 0.15) is 6.07 Å². The molecule has 2 N–H and O–H groups in total. The first kappa shape index (κ1) is 15.9. The quantitative estimate of drug-likeness (QED) is 0.905. The molecule has 122 valence electrons. The molecule has 2 amide bonds. The van der Waals surface area contributed by atoms with E-state index in [0.29, 0.717) is 12.2 Å². The Morgan fingerprint density at radius 2 is 1.96 bits per heavy atom. The number of nitrogens with zero attached hydrogens (tertiary/aromatic N) is 3. The Hall–Kier alpha value is -2.94. The molecular weight excluding hydrogens is 302 g/mol. The molecule has 0 unspecified atom stereocenters. The van der Waals surface area contributed by atoms with E-state index in [0.717, 1.165) is 31.2 Å². The summed E-state index contributed by atoms with van der Waals surface area (Å²) in [6.45, 7) is 0.468. The molecule has 1 aliphatic carbocycles. The summed E-state index contributed by atoms with van der Waals surface area (Å²) in [5.74, 6) is 0.130. The summed E-state index contributed by atoms with van der Waals surface area (Å²) in [6.07, 6.45) is 5.24. The number of nitriles is 1.